The average molecular weight is 706 g/mol. The summed E-state index contributed by atoms with van der Waals surface area (Å²) in [5.74, 6) is -5.75. The lowest BCUT2D eigenvalue weighted by molar-refractivity contribution is -0.141. The van der Waals surface area contributed by atoms with Crippen LogP contribution >= 0.6 is 11.6 Å². The summed E-state index contributed by atoms with van der Waals surface area (Å²) >= 11 is 6.33. The van der Waals surface area contributed by atoms with Crippen molar-refractivity contribution in [2.75, 3.05) is 12.0 Å². The maximum atomic E-state index is 15.1. The minimum Gasteiger partial charge on any atom is -0.508 e. The zero-order valence-corrected chi connectivity index (χ0v) is 28.0. The molecule has 0 radical (unpaired) electrons. The van der Waals surface area contributed by atoms with E-state index in [2.05, 4.69) is 5.43 Å². The van der Waals surface area contributed by atoms with E-state index in [-0.39, 0.29) is 42.7 Å². The molecule has 4 aromatic rings. The zero-order valence-electron chi connectivity index (χ0n) is 27.2. The van der Waals surface area contributed by atoms with Crippen LogP contribution < -0.4 is 5.43 Å². The van der Waals surface area contributed by atoms with Crippen LogP contribution in [0.5, 0.6) is 11.5 Å². The summed E-state index contributed by atoms with van der Waals surface area (Å²) in [6.07, 6.45) is 2.75. The van der Waals surface area contributed by atoms with Gasteiger partial charge in [-0.15, -0.1) is 0 Å². The van der Waals surface area contributed by atoms with Crippen molar-refractivity contribution in [3.8, 4) is 11.5 Å². The number of allylic oxidation sites excluding steroid dienone is 2. The van der Waals surface area contributed by atoms with Crippen LogP contribution in [0.3, 0.4) is 0 Å². The number of carbonyl (C=O) groups excluding carboxylic acids is 4. The van der Waals surface area contributed by atoms with Crippen molar-refractivity contribution in [2.24, 2.45) is 23.7 Å². The van der Waals surface area contributed by atoms with E-state index in [0.29, 0.717) is 28.3 Å². The first kappa shape index (κ1) is 32.7. The number of nitrogens with zero attached hydrogens (tertiary/aromatic N) is 2. The Labute approximate surface area is 297 Å². The molecule has 2 aliphatic carbocycles. The van der Waals surface area contributed by atoms with Crippen LogP contribution in [0.2, 0.25) is 5.02 Å². The monoisotopic (exact) mass is 705 g/mol. The highest BCUT2D eigenvalue weighted by Crippen LogP contribution is 2.64. The number of hydrogen-bond acceptors (Lipinski definition) is 7. The number of imide groups is 2. The molecular weight excluding hydrogens is 673 g/mol. The molecule has 6 atom stereocenters. The van der Waals surface area contributed by atoms with Crippen molar-refractivity contribution in [2.45, 2.75) is 30.6 Å². The molecule has 258 valence electrons. The maximum Gasteiger partial charge on any atom is 0.260 e. The fourth-order valence-electron chi connectivity index (χ4n) is 8.92. The largest absolute Gasteiger partial charge is 0.508 e. The number of phenols is 2. The summed E-state index contributed by atoms with van der Waals surface area (Å²) in [5, 5.41) is 21.8. The zero-order chi connectivity index (χ0) is 35.6. The lowest BCUT2D eigenvalue weighted by Gasteiger charge is -2.50. The number of nitrogens with one attached hydrogen (secondary N) is 1. The third-order valence-electron chi connectivity index (χ3n) is 11.1. The molecule has 8 rings (SSSR count). The number of carbonyl (C=O) groups is 4. The number of phenolic OH excluding ortho intramolecular Hbond substituents is 2. The van der Waals surface area contributed by atoms with Crippen LogP contribution in [0.25, 0.3) is 0 Å². The van der Waals surface area contributed by atoms with E-state index in [4.69, 9.17) is 11.6 Å². The quantitative estimate of drug-likeness (QED) is 0.156. The van der Waals surface area contributed by atoms with E-state index in [0.717, 1.165) is 16.1 Å². The highest BCUT2D eigenvalue weighted by atomic mass is 35.5. The topological polar surface area (TPSA) is 127 Å². The molecule has 3 N–H and O–H groups in total. The lowest BCUT2D eigenvalue weighted by atomic mass is 9.49. The van der Waals surface area contributed by atoms with Gasteiger partial charge in [-0.2, -0.15) is 5.01 Å². The van der Waals surface area contributed by atoms with E-state index in [1.807, 2.05) is 6.08 Å². The van der Waals surface area contributed by atoms with E-state index in [1.165, 1.54) is 35.2 Å². The van der Waals surface area contributed by atoms with E-state index in [9.17, 15) is 29.0 Å². The molecule has 0 spiro atoms. The van der Waals surface area contributed by atoms with Gasteiger partial charge in [-0.25, -0.2) is 4.39 Å². The van der Waals surface area contributed by atoms with Crippen LogP contribution in [-0.2, 0) is 31.0 Å². The molecule has 4 amide bonds. The molecule has 4 aromatic carbocycles. The fourth-order valence-corrected chi connectivity index (χ4v) is 9.05. The van der Waals surface area contributed by atoms with Gasteiger partial charge in [0.2, 0.25) is 11.8 Å². The number of hydrogen-bond donors (Lipinski definition) is 3. The fraction of sp³-hybridized carbons (Fsp3) is 0.250. The highest BCUT2D eigenvalue weighted by molar-refractivity contribution is 6.30. The second-order valence-electron chi connectivity index (χ2n) is 13.7. The van der Waals surface area contributed by atoms with Gasteiger partial charge >= 0.3 is 0 Å². The Morgan fingerprint density at radius 3 is 2.25 bits per heavy atom. The summed E-state index contributed by atoms with van der Waals surface area (Å²) < 4.78 is 13.8. The second-order valence-corrected chi connectivity index (χ2v) is 14.1. The predicted octanol–water partition coefficient (Wildman–Crippen LogP) is 6.12. The number of likely N-dealkylation sites (tertiary alicyclic amines) is 1. The van der Waals surface area contributed by atoms with Crippen LogP contribution in [-0.4, -0.2) is 50.3 Å². The van der Waals surface area contributed by atoms with Crippen molar-refractivity contribution in [3.63, 3.8) is 0 Å². The van der Waals surface area contributed by atoms with Crippen molar-refractivity contribution < 1.29 is 33.8 Å². The molecule has 2 aliphatic heterocycles. The van der Waals surface area contributed by atoms with E-state index in [1.54, 1.807) is 66.7 Å². The summed E-state index contributed by atoms with van der Waals surface area (Å²) in [4.78, 5) is 59.3. The lowest BCUT2D eigenvalue weighted by Crippen LogP contribution is -2.53. The Morgan fingerprint density at radius 1 is 0.824 bits per heavy atom. The molecule has 0 aromatic heterocycles. The first-order chi connectivity index (χ1) is 24.6. The molecule has 2 saturated heterocycles. The Kier molecular flexibility index (Phi) is 7.94. The van der Waals surface area contributed by atoms with Crippen molar-refractivity contribution in [3.05, 3.63) is 136 Å². The van der Waals surface area contributed by atoms with Crippen molar-refractivity contribution in [1.29, 1.82) is 0 Å². The third kappa shape index (κ3) is 5.19. The van der Waals surface area contributed by atoms with Gasteiger partial charge in [-0.05, 0) is 103 Å². The van der Waals surface area contributed by atoms with E-state index >= 15 is 4.79 Å². The Hall–Kier alpha value is -5.48. The standard InChI is InChI=1S/C40H33ClFN3O6/c41-25-8-6-24(7-9-25)40-33(37(49)45(39(40)51)43-27-12-10-26(42)11-13-27)21-32-30(35(40)23-2-1-3-29(47)20-23)16-17-31-34(32)38(50)44(36(31)48)19-18-22-4-14-28(46)15-5-22/h1-16,20,31-35,43,46-47H,17-19,21H2/t31-,32+,33-,34-,35-,40+/m0/s1. The summed E-state index contributed by atoms with van der Waals surface area (Å²) in [5.41, 5.74) is 4.47. The average Bonchev–Trinajstić information content (AvgIpc) is 3.49. The van der Waals surface area contributed by atoms with Gasteiger partial charge in [-0.3, -0.25) is 29.5 Å². The molecule has 0 unspecified atom stereocenters. The molecule has 11 heteroatoms. The van der Waals surface area contributed by atoms with Gasteiger partial charge in [0.1, 0.15) is 17.3 Å². The predicted molar refractivity (Wildman–Crippen MR) is 186 cm³/mol. The number of anilines is 1. The van der Waals surface area contributed by atoms with Gasteiger partial charge in [0, 0.05) is 17.5 Å². The normalized spacial score (nSPS) is 26.9. The van der Waals surface area contributed by atoms with Crippen molar-refractivity contribution in [1.82, 2.24) is 9.91 Å². The Bertz CT molecular complexity index is 2100. The van der Waals surface area contributed by atoms with Crippen LogP contribution in [0.4, 0.5) is 10.1 Å². The van der Waals surface area contributed by atoms with E-state index < -0.39 is 52.6 Å². The van der Waals surface area contributed by atoms with Crippen molar-refractivity contribution >= 4 is 40.9 Å². The number of rotatable bonds is 7. The summed E-state index contributed by atoms with van der Waals surface area (Å²) in [6, 6.07) is 25.3. The Morgan fingerprint density at radius 2 is 1.55 bits per heavy atom. The molecule has 51 heavy (non-hydrogen) atoms. The first-order valence-corrected chi connectivity index (χ1v) is 17.2. The molecular formula is C40H33ClFN3O6. The highest BCUT2D eigenvalue weighted by Gasteiger charge is 2.70. The number of hydrazine groups is 1. The molecule has 3 fully saturated rings. The molecule has 2 heterocycles. The molecule has 1 saturated carbocycles. The minimum absolute atomic E-state index is 0.0303. The second kappa shape index (κ2) is 12.4. The van der Waals surface area contributed by atoms with Gasteiger partial charge in [0.15, 0.2) is 0 Å². The number of amides is 4. The minimum atomic E-state index is -1.53. The number of halogens is 2. The van der Waals surface area contributed by atoms with Crippen LogP contribution in [0, 0.1) is 29.5 Å². The first-order valence-electron chi connectivity index (χ1n) is 16.9. The smallest absolute Gasteiger partial charge is 0.260 e. The third-order valence-corrected chi connectivity index (χ3v) is 11.4. The molecule has 0 bridgehead atoms. The molecule has 4 aliphatic rings. The van der Waals surface area contributed by atoms with Crippen LogP contribution in [0.15, 0.2) is 109 Å². The number of benzene rings is 4. The number of aromatic hydroxyl groups is 2. The number of fused-ring (bicyclic) bond motifs is 4. The van der Waals surface area contributed by atoms with Gasteiger partial charge in [0.05, 0.1) is 28.9 Å². The molecule has 9 nitrogen and oxygen atoms in total. The Balaban J connectivity index is 1.25. The maximum absolute atomic E-state index is 15.1. The SMILES string of the molecule is O=C1[C@H]2[C@H](CC=C3[C@H]2C[C@H]2C(=O)N(Nc4ccc(F)cc4)C(=O)[C@@]2(c2ccc(Cl)cc2)[C@H]3c2cccc(O)c2)C(=O)N1CCc1ccc(O)cc1. The van der Waals surface area contributed by atoms with Crippen LogP contribution in [0.1, 0.15) is 35.4 Å². The summed E-state index contributed by atoms with van der Waals surface area (Å²) in [7, 11) is 0. The van der Waals surface area contributed by atoms with Gasteiger partial charge in [-0.1, -0.05) is 59.6 Å². The van der Waals surface area contributed by atoms with Gasteiger partial charge < -0.3 is 10.2 Å². The van der Waals surface area contributed by atoms with Gasteiger partial charge in [0.25, 0.3) is 11.8 Å². The summed E-state index contributed by atoms with van der Waals surface area (Å²) in [6.45, 7) is 0.165.